The van der Waals surface area contributed by atoms with Gasteiger partial charge in [-0.15, -0.1) is 0 Å². The van der Waals surface area contributed by atoms with Crippen LogP contribution in [0.3, 0.4) is 0 Å². The van der Waals surface area contributed by atoms with Gasteiger partial charge >= 0.3 is 0 Å². The van der Waals surface area contributed by atoms with E-state index in [4.69, 9.17) is 4.74 Å². The largest absolute Gasteiger partial charge is 0.490 e. The van der Waals surface area contributed by atoms with E-state index >= 15 is 0 Å². The normalized spacial score (nSPS) is 21.5. The molecule has 0 radical (unpaired) electrons. The summed E-state index contributed by atoms with van der Waals surface area (Å²) in [7, 11) is 3.57. The number of benzene rings is 1. The number of carbonyl (C=O) groups excluding carboxylic acids is 1. The summed E-state index contributed by atoms with van der Waals surface area (Å²) in [5, 5.41) is 10.3. The summed E-state index contributed by atoms with van der Waals surface area (Å²) in [4.78, 5) is 23.6. The lowest BCUT2D eigenvalue weighted by Crippen LogP contribution is -2.43. The van der Waals surface area contributed by atoms with E-state index in [1.165, 1.54) is 0 Å². The van der Waals surface area contributed by atoms with E-state index in [0.717, 1.165) is 17.7 Å². The Hall–Kier alpha value is -3.83. The molecule has 1 aliphatic carbocycles. The third kappa shape index (κ3) is 3.88. The number of carbonyl (C=O) groups is 1. The predicted octanol–water partition coefficient (Wildman–Crippen LogP) is 3.09. The Bertz CT molecular complexity index is 1250. The minimum Gasteiger partial charge on any atom is -0.490 e. The number of anilines is 3. The maximum absolute atomic E-state index is 13.4. The molecule has 2 aromatic heterocycles. The highest BCUT2D eigenvalue weighted by atomic mass is 19.2. The number of rotatable bonds is 5. The summed E-state index contributed by atoms with van der Waals surface area (Å²) in [6, 6.07) is 1.06. The zero-order chi connectivity index (χ0) is 24.1. The first-order valence-corrected chi connectivity index (χ1v) is 10.7. The van der Waals surface area contributed by atoms with E-state index in [0.29, 0.717) is 36.0 Å². The number of aromatic nitrogens is 4. The Morgan fingerprint density at radius 3 is 2.50 bits per heavy atom. The number of nitrogens with zero attached hydrogens (tertiary/aromatic N) is 5. The van der Waals surface area contributed by atoms with Gasteiger partial charge in [0.05, 0.1) is 11.9 Å². The predicted molar refractivity (Wildman–Crippen MR) is 117 cm³/mol. The van der Waals surface area contributed by atoms with Crippen molar-refractivity contribution >= 4 is 23.4 Å². The van der Waals surface area contributed by atoms with Gasteiger partial charge in [-0.05, 0) is 6.92 Å². The summed E-state index contributed by atoms with van der Waals surface area (Å²) in [5.74, 6) is -3.38. The van der Waals surface area contributed by atoms with Crippen LogP contribution in [0.2, 0.25) is 0 Å². The molecule has 3 heterocycles. The van der Waals surface area contributed by atoms with Crippen molar-refractivity contribution in [3.05, 3.63) is 53.2 Å². The topological polar surface area (TPSA) is 97.2 Å². The second-order valence-electron chi connectivity index (χ2n) is 8.53. The van der Waals surface area contributed by atoms with Crippen LogP contribution < -0.4 is 20.3 Å². The molecule has 3 aromatic rings. The molecular weight excluding hydrogens is 451 g/mol. The Morgan fingerprint density at radius 2 is 1.85 bits per heavy atom. The molecule has 1 saturated carbocycles. The van der Waals surface area contributed by atoms with Crippen molar-refractivity contribution in [2.75, 3.05) is 22.6 Å². The van der Waals surface area contributed by atoms with Crippen molar-refractivity contribution < 1.29 is 22.7 Å². The number of hydrogen-bond donors (Lipinski definition) is 2. The molecule has 1 aromatic carbocycles. The van der Waals surface area contributed by atoms with Crippen LogP contribution in [-0.2, 0) is 11.8 Å². The van der Waals surface area contributed by atoms with E-state index in [2.05, 4.69) is 25.7 Å². The molecule has 34 heavy (non-hydrogen) atoms. The number of halogens is 3. The second-order valence-corrected chi connectivity index (χ2v) is 8.53. The standard InChI is InChI=1S/C22H22F3N7O2/c1-10-18-20(32(3)19(21(33)29-18)11-8-26-31(2)9-11)30-22(27-10)28-12-4-13(5-12)34-14-6-15(23)17(25)16(24)7-14/h6-9,12-13,19H,4-5H2,1-3H3,(H,29,33)(H,27,28,30). The van der Waals surface area contributed by atoms with Gasteiger partial charge in [0.25, 0.3) is 5.91 Å². The van der Waals surface area contributed by atoms with Crippen LogP contribution in [0.5, 0.6) is 5.75 Å². The highest BCUT2D eigenvalue weighted by Gasteiger charge is 2.36. The molecule has 0 saturated heterocycles. The number of aryl methyl sites for hydroxylation is 2. The van der Waals surface area contributed by atoms with Gasteiger partial charge in [-0.3, -0.25) is 9.48 Å². The average molecular weight is 473 g/mol. The van der Waals surface area contributed by atoms with Crippen LogP contribution in [0.25, 0.3) is 0 Å². The van der Waals surface area contributed by atoms with Crippen LogP contribution in [-0.4, -0.2) is 44.8 Å². The molecule has 178 valence electrons. The summed E-state index contributed by atoms with van der Waals surface area (Å²) < 4.78 is 47.1. The number of fused-ring (bicyclic) bond motifs is 1. The summed E-state index contributed by atoms with van der Waals surface area (Å²) >= 11 is 0. The maximum atomic E-state index is 13.4. The van der Waals surface area contributed by atoms with Crippen molar-refractivity contribution in [1.82, 2.24) is 19.7 Å². The lowest BCUT2D eigenvalue weighted by molar-refractivity contribution is -0.117. The van der Waals surface area contributed by atoms with E-state index < -0.39 is 23.5 Å². The molecule has 1 atom stereocenters. The van der Waals surface area contributed by atoms with Gasteiger partial charge < -0.3 is 20.3 Å². The highest BCUT2D eigenvalue weighted by Crippen LogP contribution is 2.38. The smallest absolute Gasteiger partial charge is 0.252 e. The van der Waals surface area contributed by atoms with Crippen LogP contribution in [0.4, 0.5) is 30.6 Å². The van der Waals surface area contributed by atoms with Crippen molar-refractivity contribution in [1.29, 1.82) is 0 Å². The Kier molecular flexibility index (Phi) is 5.29. The monoisotopic (exact) mass is 473 g/mol. The molecular formula is C22H22F3N7O2. The Balaban J connectivity index is 1.27. The van der Waals surface area contributed by atoms with Gasteiger partial charge in [-0.25, -0.2) is 18.2 Å². The van der Waals surface area contributed by atoms with Gasteiger partial charge in [0.1, 0.15) is 23.6 Å². The second kappa shape index (κ2) is 8.19. The lowest BCUT2D eigenvalue weighted by Gasteiger charge is -2.37. The van der Waals surface area contributed by atoms with Gasteiger partial charge in [-0.2, -0.15) is 10.1 Å². The number of likely N-dealkylation sites (N-methyl/N-ethyl adjacent to an activating group) is 1. The van der Waals surface area contributed by atoms with Gasteiger partial charge in [0.2, 0.25) is 5.95 Å². The maximum Gasteiger partial charge on any atom is 0.252 e. The Labute approximate surface area is 192 Å². The molecule has 12 heteroatoms. The van der Waals surface area contributed by atoms with Gasteiger partial charge in [-0.1, -0.05) is 0 Å². The molecule has 0 spiro atoms. The molecule has 2 aliphatic rings. The minimum absolute atomic E-state index is 0.0183. The van der Waals surface area contributed by atoms with Gasteiger partial charge in [0.15, 0.2) is 23.3 Å². The fourth-order valence-corrected chi connectivity index (χ4v) is 4.22. The van der Waals surface area contributed by atoms with Crippen LogP contribution in [0, 0.1) is 24.4 Å². The third-order valence-electron chi connectivity index (χ3n) is 6.02. The number of nitrogens with one attached hydrogen (secondary N) is 2. The molecule has 1 fully saturated rings. The van der Waals surface area contributed by atoms with Crippen LogP contribution >= 0.6 is 0 Å². The Morgan fingerprint density at radius 1 is 1.15 bits per heavy atom. The molecule has 2 N–H and O–H groups in total. The first-order chi connectivity index (χ1) is 16.2. The number of ether oxygens (including phenoxy) is 1. The lowest BCUT2D eigenvalue weighted by atomic mass is 9.89. The minimum atomic E-state index is -1.52. The average Bonchev–Trinajstić information content (AvgIpc) is 3.17. The SMILES string of the molecule is Cc1nc(NC2CC(Oc3cc(F)c(F)c(F)c3)C2)nc2c1NC(=O)C(c1cnn(C)c1)N2C. The van der Waals surface area contributed by atoms with Gasteiger partial charge in [0, 0.05) is 56.9 Å². The quantitative estimate of drug-likeness (QED) is 0.550. The van der Waals surface area contributed by atoms with E-state index in [9.17, 15) is 18.0 Å². The third-order valence-corrected chi connectivity index (χ3v) is 6.02. The van der Waals surface area contributed by atoms with E-state index in [1.807, 2.05) is 0 Å². The van der Waals surface area contributed by atoms with E-state index in [1.54, 1.807) is 43.0 Å². The molecule has 0 bridgehead atoms. The fourth-order valence-electron chi connectivity index (χ4n) is 4.22. The summed E-state index contributed by atoms with van der Waals surface area (Å²) in [5.41, 5.74) is 1.90. The highest BCUT2D eigenvalue weighted by molar-refractivity contribution is 6.03. The first-order valence-electron chi connectivity index (χ1n) is 10.7. The molecule has 1 aliphatic heterocycles. The zero-order valence-corrected chi connectivity index (χ0v) is 18.6. The summed E-state index contributed by atoms with van der Waals surface area (Å²) in [6.07, 6.45) is 4.24. The first kappa shape index (κ1) is 22.0. The van der Waals surface area contributed by atoms with Crippen molar-refractivity contribution in [3.63, 3.8) is 0 Å². The number of amides is 1. The summed E-state index contributed by atoms with van der Waals surface area (Å²) in [6.45, 7) is 1.79. The fraction of sp³-hybridized carbons (Fsp3) is 0.364. The molecule has 1 unspecified atom stereocenters. The zero-order valence-electron chi connectivity index (χ0n) is 18.6. The van der Waals surface area contributed by atoms with Crippen LogP contribution in [0.15, 0.2) is 24.5 Å². The van der Waals surface area contributed by atoms with Crippen molar-refractivity contribution in [2.24, 2.45) is 7.05 Å². The van der Waals surface area contributed by atoms with Crippen molar-refractivity contribution in [3.8, 4) is 5.75 Å². The molecule has 1 amide bonds. The molecule has 5 rings (SSSR count). The van der Waals surface area contributed by atoms with Crippen molar-refractivity contribution in [2.45, 2.75) is 38.0 Å². The number of hydrogen-bond acceptors (Lipinski definition) is 7. The van der Waals surface area contributed by atoms with E-state index in [-0.39, 0.29) is 23.8 Å². The van der Waals surface area contributed by atoms with Crippen LogP contribution in [0.1, 0.15) is 30.1 Å². The molecule has 9 nitrogen and oxygen atoms in total.